The number of carboxylic acid groups (broad SMARTS) is 1. The molecule has 92 valence electrons. The van der Waals surface area contributed by atoms with Crippen molar-refractivity contribution in [2.24, 2.45) is 0 Å². The van der Waals surface area contributed by atoms with E-state index in [2.05, 4.69) is 10.6 Å². The van der Waals surface area contributed by atoms with Gasteiger partial charge < -0.3 is 15.7 Å². The first kappa shape index (κ1) is 13.0. The van der Waals surface area contributed by atoms with Crippen LogP contribution in [0.25, 0.3) is 0 Å². The molecule has 1 aromatic carbocycles. The maximum absolute atomic E-state index is 13.2. The Morgan fingerprint density at radius 1 is 1.41 bits per heavy atom. The molecule has 0 aromatic heterocycles. The molecule has 0 saturated heterocycles. The number of rotatable bonds is 4. The highest BCUT2D eigenvalue weighted by molar-refractivity contribution is 5.82. The van der Waals surface area contributed by atoms with Crippen molar-refractivity contribution < 1.29 is 19.1 Å². The number of aliphatic carboxylic acids is 1. The van der Waals surface area contributed by atoms with Crippen LogP contribution in [0.2, 0.25) is 0 Å². The van der Waals surface area contributed by atoms with Gasteiger partial charge in [-0.1, -0.05) is 18.2 Å². The molecule has 0 fully saturated rings. The number of carbonyl (C=O) groups excluding carboxylic acids is 1. The summed E-state index contributed by atoms with van der Waals surface area (Å²) in [5.41, 5.74) is 0.339. The SMILES string of the molecule is C[C@@H](NC(=O)NCc1ccccc1F)C(=O)O. The van der Waals surface area contributed by atoms with Crippen molar-refractivity contribution in [3.05, 3.63) is 35.6 Å². The third-order valence-corrected chi connectivity index (χ3v) is 2.12. The van der Waals surface area contributed by atoms with Crippen molar-refractivity contribution in [3.8, 4) is 0 Å². The predicted octanol–water partition coefficient (Wildman–Crippen LogP) is 1.10. The van der Waals surface area contributed by atoms with Crippen LogP contribution in [-0.2, 0) is 11.3 Å². The van der Waals surface area contributed by atoms with Gasteiger partial charge in [-0.3, -0.25) is 4.79 Å². The number of hydrogen-bond acceptors (Lipinski definition) is 2. The quantitative estimate of drug-likeness (QED) is 0.737. The molecule has 0 aliphatic heterocycles. The van der Waals surface area contributed by atoms with E-state index in [1.807, 2.05) is 0 Å². The lowest BCUT2D eigenvalue weighted by molar-refractivity contribution is -0.138. The summed E-state index contributed by atoms with van der Waals surface area (Å²) in [5.74, 6) is -1.55. The molecular weight excluding hydrogens is 227 g/mol. The standard InChI is InChI=1S/C11H13FN2O3/c1-7(10(15)16)14-11(17)13-6-8-4-2-3-5-9(8)12/h2-5,7H,6H2,1H3,(H,15,16)(H2,13,14,17)/t7-/m1/s1. The van der Waals surface area contributed by atoms with Crippen molar-refractivity contribution >= 4 is 12.0 Å². The second kappa shape index (κ2) is 5.83. The Balaban J connectivity index is 2.44. The smallest absolute Gasteiger partial charge is 0.325 e. The molecule has 0 bridgehead atoms. The fraction of sp³-hybridized carbons (Fsp3) is 0.273. The fourth-order valence-corrected chi connectivity index (χ4v) is 1.13. The first-order chi connectivity index (χ1) is 8.00. The molecule has 2 amide bonds. The van der Waals surface area contributed by atoms with E-state index < -0.39 is 23.9 Å². The molecule has 0 saturated carbocycles. The fourth-order valence-electron chi connectivity index (χ4n) is 1.13. The minimum Gasteiger partial charge on any atom is -0.480 e. The van der Waals surface area contributed by atoms with E-state index in [9.17, 15) is 14.0 Å². The topological polar surface area (TPSA) is 78.4 Å². The van der Waals surface area contributed by atoms with Crippen LogP contribution in [0.5, 0.6) is 0 Å². The average Bonchev–Trinajstić information content (AvgIpc) is 2.27. The van der Waals surface area contributed by atoms with Gasteiger partial charge in [0.05, 0.1) is 0 Å². The molecule has 0 aliphatic carbocycles. The molecule has 1 rings (SSSR count). The third-order valence-electron chi connectivity index (χ3n) is 2.12. The Kier molecular flexibility index (Phi) is 4.45. The number of hydrogen-bond donors (Lipinski definition) is 3. The lowest BCUT2D eigenvalue weighted by Gasteiger charge is -2.10. The molecule has 1 atom stereocenters. The summed E-state index contributed by atoms with van der Waals surface area (Å²) < 4.78 is 13.2. The summed E-state index contributed by atoms with van der Waals surface area (Å²) in [6.45, 7) is 1.34. The molecule has 1 aromatic rings. The van der Waals surface area contributed by atoms with Crippen LogP contribution >= 0.6 is 0 Å². The van der Waals surface area contributed by atoms with Gasteiger partial charge in [0.25, 0.3) is 0 Å². The van der Waals surface area contributed by atoms with Crippen LogP contribution in [0.3, 0.4) is 0 Å². The number of urea groups is 1. The largest absolute Gasteiger partial charge is 0.480 e. The van der Waals surface area contributed by atoms with Gasteiger partial charge in [0.2, 0.25) is 0 Å². The Bertz CT molecular complexity index is 423. The molecule has 0 aliphatic rings. The van der Waals surface area contributed by atoms with Crippen molar-refractivity contribution in [2.75, 3.05) is 0 Å². The number of carbonyl (C=O) groups is 2. The Labute approximate surface area is 97.6 Å². The molecule has 0 heterocycles. The summed E-state index contributed by atoms with van der Waals surface area (Å²) >= 11 is 0. The van der Waals surface area contributed by atoms with Crippen molar-refractivity contribution in [1.82, 2.24) is 10.6 Å². The van der Waals surface area contributed by atoms with E-state index in [1.165, 1.54) is 19.1 Å². The number of nitrogens with one attached hydrogen (secondary N) is 2. The zero-order chi connectivity index (χ0) is 12.8. The Hall–Kier alpha value is -2.11. The van der Waals surface area contributed by atoms with Crippen molar-refractivity contribution in [1.29, 1.82) is 0 Å². The Morgan fingerprint density at radius 3 is 2.65 bits per heavy atom. The van der Waals surface area contributed by atoms with Gasteiger partial charge in [-0.25, -0.2) is 9.18 Å². The van der Waals surface area contributed by atoms with E-state index in [0.717, 1.165) is 0 Å². The van der Waals surface area contributed by atoms with Gasteiger partial charge in [-0.2, -0.15) is 0 Å². The van der Waals surface area contributed by atoms with Gasteiger partial charge in [0.1, 0.15) is 11.9 Å². The zero-order valence-corrected chi connectivity index (χ0v) is 9.24. The maximum atomic E-state index is 13.2. The lowest BCUT2D eigenvalue weighted by Crippen LogP contribution is -2.44. The molecule has 5 nitrogen and oxygen atoms in total. The number of benzene rings is 1. The van der Waals surface area contributed by atoms with E-state index in [4.69, 9.17) is 5.11 Å². The van der Waals surface area contributed by atoms with Crippen LogP contribution in [0.4, 0.5) is 9.18 Å². The first-order valence-corrected chi connectivity index (χ1v) is 5.01. The molecule has 3 N–H and O–H groups in total. The van der Waals surface area contributed by atoms with E-state index in [1.54, 1.807) is 12.1 Å². The van der Waals surface area contributed by atoms with E-state index in [0.29, 0.717) is 5.56 Å². The Morgan fingerprint density at radius 2 is 2.06 bits per heavy atom. The number of amides is 2. The molecule has 0 radical (unpaired) electrons. The number of carboxylic acids is 1. The van der Waals surface area contributed by atoms with Crippen LogP contribution in [-0.4, -0.2) is 23.1 Å². The summed E-state index contributed by atoms with van der Waals surface area (Å²) in [5, 5.41) is 13.1. The minimum absolute atomic E-state index is 0.00481. The first-order valence-electron chi connectivity index (χ1n) is 5.01. The summed E-state index contributed by atoms with van der Waals surface area (Å²) in [6.07, 6.45) is 0. The molecular formula is C11H13FN2O3. The monoisotopic (exact) mass is 240 g/mol. The van der Waals surface area contributed by atoms with E-state index >= 15 is 0 Å². The normalized spacial score (nSPS) is 11.6. The van der Waals surface area contributed by atoms with Gasteiger partial charge >= 0.3 is 12.0 Å². The van der Waals surface area contributed by atoms with Gasteiger partial charge in [0, 0.05) is 12.1 Å². The predicted molar refractivity (Wildman–Crippen MR) is 58.9 cm³/mol. The van der Waals surface area contributed by atoms with Crippen molar-refractivity contribution in [3.63, 3.8) is 0 Å². The van der Waals surface area contributed by atoms with Crippen LogP contribution in [0.1, 0.15) is 12.5 Å². The van der Waals surface area contributed by atoms with Gasteiger partial charge in [-0.05, 0) is 13.0 Å². The second-order valence-corrected chi connectivity index (χ2v) is 3.48. The second-order valence-electron chi connectivity index (χ2n) is 3.48. The van der Waals surface area contributed by atoms with Gasteiger partial charge in [-0.15, -0.1) is 0 Å². The van der Waals surface area contributed by atoms with Crippen molar-refractivity contribution in [2.45, 2.75) is 19.5 Å². The molecule has 0 spiro atoms. The summed E-state index contributed by atoms with van der Waals surface area (Å²) in [4.78, 5) is 21.7. The highest BCUT2D eigenvalue weighted by atomic mass is 19.1. The minimum atomic E-state index is -1.13. The maximum Gasteiger partial charge on any atom is 0.325 e. The zero-order valence-electron chi connectivity index (χ0n) is 9.24. The van der Waals surface area contributed by atoms with Crippen LogP contribution < -0.4 is 10.6 Å². The van der Waals surface area contributed by atoms with Crippen LogP contribution in [0.15, 0.2) is 24.3 Å². The lowest BCUT2D eigenvalue weighted by atomic mass is 10.2. The summed E-state index contributed by atoms with van der Waals surface area (Å²) in [6, 6.07) is 4.38. The highest BCUT2D eigenvalue weighted by Gasteiger charge is 2.13. The average molecular weight is 240 g/mol. The molecule has 0 unspecified atom stereocenters. The van der Waals surface area contributed by atoms with Crippen LogP contribution in [0, 0.1) is 5.82 Å². The van der Waals surface area contributed by atoms with Gasteiger partial charge in [0.15, 0.2) is 0 Å². The third kappa shape index (κ3) is 4.10. The molecule has 6 heteroatoms. The highest BCUT2D eigenvalue weighted by Crippen LogP contribution is 2.05. The number of halogens is 1. The van der Waals surface area contributed by atoms with E-state index in [-0.39, 0.29) is 6.54 Å². The molecule has 17 heavy (non-hydrogen) atoms. The summed E-state index contributed by atoms with van der Waals surface area (Å²) in [7, 11) is 0.